The van der Waals surface area contributed by atoms with Crippen LogP contribution in [0.3, 0.4) is 0 Å². The van der Waals surface area contributed by atoms with Crippen LogP contribution in [0.25, 0.3) is 0 Å². The van der Waals surface area contributed by atoms with E-state index in [4.69, 9.17) is 9.47 Å². The normalized spacial score (nSPS) is 9.95. The summed E-state index contributed by atoms with van der Waals surface area (Å²) >= 11 is 0. The molecule has 21 heavy (non-hydrogen) atoms. The highest BCUT2D eigenvalue weighted by Crippen LogP contribution is 2.20. The van der Waals surface area contributed by atoms with Crippen molar-refractivity contribution in [3.63, 3.8) is 0 Å². The molecule has 2 aromatic carbocycles. The number of benzene rings is 2. The summed E-state index contributed by atoms with van der Waals surface area (Å²) in [5.41, 5.74) is 0.617. The van der Waals surface area contributed by atoms with Crippen LogP contribution in [-0.2, 0) is 11.2 Å². The lowest BCUT2D eigenvalue weighted by Gasteiger charge is -2.05. The smallest absolute Gasteiger partial charge is 0.315 e. The van der Waals surface area contributed by atoms with Crippen LogP contribution in [0.1, 0.15) is 5.56 Å². The Morgan fingerprint density at radius 2 is 1.86 bits per heavy atom. The molecular formula is C15H13NO5. The van der Waals surface area contributed by atoms with Gasteiger partial charge in [0, 0.05) is 6.07 Å². The van der Waals surface area contributed by atoms with Crippen LogP contribution in [0, 0.1) is 10.1 Å². The van der Waals surface area contributed by atoms with E-state index in [1.807, 2.05) is 0 Å². The van der Waals surface area contributed by atoms with Gasteiger partial charge in [-0.3, -0.25) is 14.9 Å². The van der Waals surface area contributed by atoms with E-state index < -0.39 is 10.9 Å². The average Bonchev–Trinajstić information content (AvgIpc) is 2.47. The molecule has 0 spiro atoms. The van der Waals surface area contributed by atoms with Gasteiger partial charge in [-0.25, -0.2) is 0 Å². The highest BCUT2D eigenvalue weighted by atomic mass is 16.6. The van der Waals surface area contributed by atoms with Crippen LogP contribution < -0.4 is 9.47 Å². The van der Waals surface area contributed by atoms with Crippen LogP contribution in [0.5, 0.6) is 11.5 Å². The molecule has 0 bridgehead atoms. The lowest BCUT2D eigenvalue weighted by atomic mass is 10.1. The molecule has 0 unspecified atom stereocenters. The molecule has 0 aromatic heterocycles. The third kappa shape index (κ3) is 4.04. The fraction of sp³-hybridized carbons (Fsp3) is 0.133. The van der Waals surface area contributed by atoms with Crippen molar-refractivity contribution in [1.29, 1.82) is 0 Å². The molecule has 0 aliphatic carbocycles. The first-order valence-electron chi connectivity index (χ1n) is 6.16. The predicted molar refractivity (Wildman–Crippen MR) is 75.4 cm³/mol. The van der Waals surface area contributed by atoms with E-state index in [-0.39, 0.29) is 17.9 Å². The second-order valence-corrected chi connectivity index (χ2v) is 4.26. The summed E-state index contributed by atoms with van der Waals surface area (Å²) in [6, 6.07) is 12.6. The maximum atomic E-state index is 11.8. The molecule has 6 nitrogen and oxygen atoms in total. The fourth-order valence-electron chi connectivity index (χ4n) is 1.78. The summed E-state index contributed by atoms with van der Waals surface area (Å²) < 4.78 is 10.2. The molecule has 6 heteroatoms. The van der Waals surface area contributed by atoms with E-state index in [0.29, 0.717) is 5.75 Å². The predicted octanol–water partition coefficient (Wildman–Crippen LogP) is 2.75. The van der Waals surface area contributed by atoms with Gasteiger partial charge in [-0.05, 0) is 23.8 Å². The van der Waals surface area contributed by atoms with Gasteiger partial charge in [-0.15, -0.1) is 0 Å². The number of ether oxygens (including phenoxy) is 2. The van der Waals surface area contributed by atoms with E-state index in [2.05, 4.69) is 0 Å². The maximum absolute atomic E-state index is 11.8. The number of carbonyl (C=O) groups excluding carboxylic acids is 1. The van der Waals surface area contributed by atoms with Gasteiger partial charge in [0.2, 0.25) is 0 Å². The molecule has 0 aliphatic heterocycles. The van der Waals surface area contributed by atoms with Gasteiger partial charge in [0.25, 0.3) is 5.69 Å². The standard InChI is InChI=1S/C15H13NO5/c1-20-13-6-2-4-11(8-13)9-15(17)21-14-7-3-5-12(10-14)16(18)19/h2-8,10H,9H2,1H3. The second-order valence-electron chi connectivity index (χ2n) is 4.26. The monoisotopic (exact) mass is 287 g/mol. The van der Waals surface area contributed by atoms with Crippen LogP contribution >= 0.6 is 0 Å². The van der Waals surface area contributed by atoms with Crippen molar-refractivity contribution in [3.8, 4) is 11.5 Å². The largest absolute Gasteiger partial charge is 0.497 e. The second kappa shape index (κ2) is 6.51. The van der Waals surface area contributed by atoms with Gasteiger partial charge in [-0.2, -0.15) is 0 Å². The highest BCUT2D eigenvalue weighted by molar-refractivity contribution is 5.75. The van der Waals surface area contributed by atoms with E-state index in [1.165, 1.54) is 24.3 Å². The summed E-state index contributed by atoms with van der Waals surface area (Å²) in [4.78, 5) is 21.9. The Balaban J connectivity index is 2.04. The first-order valence-corrected chi connectivity index (χ1v) is 6.16. The zero-order valence-corrected chi connectivity index (χ0v) is 11.3. The van der Waals surface area contributed by atoms with Gasteiger partial charge in [0.15, 0.2) is 0 Å². The first kappa shape index (κ1) is 14.5. The van der Waals surface area contributed by atoms with Crippen LogP contribution in [-0.4, -0.2) is 18.0 Å². The Labute approximate surface area is 121 Å². The van der Waals surface area contributed by atoms with Crippen molar-refractivity contribution < 1.29 is 19.2 Å². The number of hydrogen-bond donors (Lipinski definition) is 0. The van der Waals surface area contributed by atoms with Crippen LogP contribution in [0.15, 0.2) is 48.5 Å². The third-order valence-electron chi connectivity index (χ3n) is 2.74. The van der Waals surface area contributed by atoms with Gasteiger partial charge in [-0.1, -0.05) is 18.2 Å². The molecule has 0 amide bonds. The molecule has 0 atom stereocenters. The zero-order chi connectivity index (χ0) is 15.2. The Hall–Kier alpha value is -2.89. The summed E-state index contributed by atoms with van der Waals surface area (Å²) in [6.07, 6.45) is 0.0554. The number of nitro groups is 1. The van der Waals surface area contributed by atoms with E-state index in [0.717, 1.165) is 5.56 Å². The summed E-state index contributed by atoms with van der Waals surface area (Å²) in [5.74, 6) is 0.302. The molecule has 0 fully saturated rings. The number of rotatable bonds is 5. The van der Waals surface area contributed by atoms with Gasteiger partial charge in [0.05, 0.1) is 24.5 Å². The molecule has 108 valence electrons. The molecule has 2 aromatic rings. The van der Waals surface area contributed by atoms with Gasteiger partial charge in [0.1, 0.15) is 11.5 Å². The lowest BCUT2D eigenvalue weighted by molar-refractivity contribution is -0.384. The number of esters is 1. The quantitative estimate of drug-likeness (QED) is 0.365. The molecule has 0 heterocycles. The molecule has 0 N–H and O–H groups in total. The van der Waals surface area contributed by atoms with Crippen molar-refractivity contribution in [2.24, 2.45) is 0 Å². The SMILES string of the molecule is COc1cccc(CC(=O)Oc2cccc([N+](=O)[O-])c2)c1. The van der Waals surface area contributed by atoms with Crippen molar-refractivity contribution in [2.75, 3.05) is 7.11 Å². The number of non-ortho nitro benzene ring substituents is 1. The summed E-state index contributed by atoms with van der Waals surface area (Å²) in [7, 11) is 1.54. The minimum atomic E-state index is -0.542. The van der Waals surface area contributed by atoms with E-state index in [9.17, 15) is 14.9 Å². The highest BCUT2D eigenvalue weighted by Gasteiger charge is 2.11. The number of nitro benzene ring substituents is 1. The topological polar surface area (TPSA) is 78.7 Å². The van der Waals surface area contributed by atoms with Crippen LogP contribution in [0.4, 0.5) is 5.69 Å². The van der Waals surface area contributed by atoms with Crippen molar-refractivity contribution in [1.82, 2.24) is 0 Å². The molecule has 2 rings (SSSR count). The van der Waals surface area contributed by atoms with Crippen molar-refractivity contribution in [3.05, 3.63) is 64.2 Å². The summed E-state index contributed by atoms with van der Waals surface area (Å²) in [6.45, 7) is 0. The summed E-state index contributed by atoms with van der Waals surface area (Å²) in [5, 5.41) is 10.7. The zero-order valence-electron chi connectivity index (χ0n) is 11.3. The average molecular weight is 287 g/mol. The fourth-order valence-corrected chi connectivity index (χ4v) is 1.78. The van der Waals surface area contributed by atoms with Gasteiger partial charge >= 0.3 is 5.97 Å². The van der Waals surface area contributed by atoms with Crippen LogP contribution in [0.2, 0.25) is 0 Å². The molecule has 0 radical (unpaired) electrons. The van der Waals surface area contributed by atoms with E-state index >= 15 is 0 Å². The Morgan fingerprint density at radius 3 is 2.57 bits per heavy atom. The number of hydrogen-bond acceptors (Lipinski definition) is 5. The van der Waals surface area contributed by atoms with Gasteiger partial charge < -0.3 is 9.47 Å². The lowest BCUT2D eigenvalue weighted by Crippen LogP contribution is -2.11. The number of nitrogens with zero attached hydrogens (tertiary/aromatic N) is 1. The number of carbonyl (C=O) groups is 1. The minimum Gasteiger partial charge on any atom is -0.497 e. The van der Waals surface area contributed by atoms with Crippen molar-refractivity contribution >= 4 is 11.7 Å². The van der Waals surface area contributed by atoms with Crippen molar-refractivity contribution in [2.45, 2.75) is 6.42 Å². The Kier molecular flexibility index (Phi) is 4.50. The molecule has 0 saturated carbocycles. The molecule has 0 saturated heterocycles. The maximum Gasteiger partial charge on any atom is 0.315 e. The first-order chi connectivity index (χ1) is 10.1. The van der Waals surface area contributed by atoms with E-state index in [1.54, 1.807) is 31.4 Å². The Bertz CT molecular complexity index is 669. The number of methoxy groups -OCH3 is 1. The Morgan fingerprint density at radius 1 is 1.14 bits per heavy atom. The third-order valence-corrected chi connectivity index (χ3v) is 2.74. The minimum absolute atomic E-state index is 0.0554. The molecule has 0 aliphatic rings. The molecular weight excluding hydrogens is 274 g/mol.